The van der Waals surface area contributed by atoms with Crippen LogP contribution in [-0.4, -0.2) is 29.0 Å². The van der Waals surface area contributed by atoms with Crippen molar-refractivity contribution in [2.24, 2.45) is 11.3 Å². The number of aromatic nitrogens is 2. The first kappa shape index (κ1) is 14.4. The van der Waals surface area contributed by atoms with E-state index in [0.717, 1.165) is 31.4 Å². The molecule has 2 fully saturated rings. The predicted octanol–water partition coefficient (Wildman–Crippen LogP) is 2.15. The van der Waals surface area contributed by atoms with Crippen molar-refractivity contribution in [3.8, 4) is 0 Å². The van der Waals surface area contributed by atoms with E-state index in [2.05, 4.69) is 30.7 Å². The summed E-state index contributed by atoms with van der Waals surface area (Å²) in [5, 5.41) is 0. The fraction of sp³-hybridized carbons (Fsp3) is 0.765. The number of aryl methyl sites for hydroxylation is 1. The molecule has 2 atom stereocenters. The van der Waals surface area contributed by atoms with E-state index in [9.17, 15) is 4.79 Å². The lowest BCUT2D eigenvalue weighted by molar-refractivity contribution is -0.276. The van der Waals surface area contributed by atoms with Crippen molar-refractivity contribution in [3.05, 3.63) is 27.9 Å². The second-order valence-corrected chi connectivity index (χ2v) is 7.77. The Kier molecular flexibility index (Phi) is 2.89. The normalized spacial score (nSPS) is 35.1. The Morgan fingerprint density at radius 3 is 2.68 bits per heavy atom. The number of nitrogens with zero attached hydrogens (tertiary/aromatic N) is 1. The highest BCUT2D eigenvalue weighted by Crippen LogP contribution is 2.61. The van der Waals surface area contributed by atoms with Crippen LogP contribution in [0.5, 0.6) is 0 Å². The molecule has 0 bridgehead atoms. The minimum Gasteiger partial charge on any atom is -0.347 e. The minimum absolute atomic E-state index is 0.0419. The third-order valence-electron chi connectivity index (χ3n) is 6.51. The molecule has 0 amide bonds. The molecule has 0 unspecified atom stereocenters. The van der Waals surface area contributed by atoms with Gasteiger partial charge in [-0.3, -0.25) is 0 Å². The summed E-state index contributed by atoms with van der Waals surface area (Å²) in [7, 11) is 0. The van der Waals surface area contributed by atoms with Gasteiger partial charge in [-0.1, -0.05) is 20.8 Å². The second-order valence-electron chi connectivity index (χ2n) is 7.77. The molecular weight excluding hydrogens is 280 g/mol. The van der Waals surface area contributed by atoms with Crippen LogP contribution in [0.2, 0.25) is 0 Å². The Labute approximate surface area is 130 Å². The van der Waals surface area contributed by atoms with Crippen LogP contribution in [0.25, 0.3) is 0 Å². The van der Waals surface area contributed by atoms with Gasteiger partial charge >= 0.3 is 5.69 Å². The summed E-state index contributed by atoms with van der Waals surface area (Å²) >= 11 is 0. The maximum absolute atomic E-state index is 11.8. The quantitative estimate of drug-likeness (QED) is 0.797. The number of fused-ring (bicyclic) bond motifs is 3. The van der Waals surface area contributed by atoms with Crippen LogP contribution in [0.15, 0.2) is 11.0 Å². The SMILES string of the molecule is CC1(C)[C@@H]2CCc3cnc(=O)[nH]c3[C@@]2(C)CCC12OCCO2. The molecule has 1 aromatic rings. The number of hydrogen-bond acceptors (Lipinski definition) is 4. The van der Waals surface area contributed by atoms with E-state index >= 15 is 0 Å². The van der Waals surface area contributed by atoms with Crippen molar-refractivity contribution >= 4 is 0 Å². The first-order valence-corrected chi connectivity index (χ1v) is 8.26. The largest absolute Gasteiger partial charge is 0.347 e. The Bertz CT molecular complexity index is 660. The first-order chi connectivity index (χ1) is 10.4. The molecule has 2 heterocycles. The molecule has 5 nitrogen and oxygen atoms in total. The Morgan fingerprint density at radius 2 is 1.95 bits per heavy atom. The van der Waals surface area contributed by atoms with Crippen LogP contribution < -0.4 is 5.69 Å². The molecule has 3 aliphatic rings. The summed E-state index contributed by atoms with van der Waals surface area (Å²) in [5.41, 5.74) is 1.91. The minimum atomic E-state index is -0.456. The highest BCUT2D eigenvalue weighted by molar-refractivity contribution is 5.32. The van der Waals surface area contributed by atoms with Crippen molar-refractivity contribution in [2.75, 3.05) is 13.2 Å². The average molecular weight is 304 g/mol. The van der Waals surface area contributed by atoms with Crippen molar-refractivity contribution in [2.45, 2.75) is 57.7 Å². The number of rotatable bonds is 0. The Morgan fingerprint density at radius 1 is 1.23 bits per heavy atom. The molecule has 0 aromatic carbocycles. The molecule has 1 N–H and O–H groups in total. The number of ether oxygens (including phenoxy) is 2. The van der Waals surface area contributed by atoms with Crippen LogP contribution >= 0.6 is 0 Å². The van der Waals surface area contributed by atoms with E-state index in [-0.39, 0.29) is 16.5 Å². The zero-order chi connectivity index (χ0) is 15.6. The summed E-state index contributed by atoms with van der Waals surface area (Å²) in [6, 6.07) is 0. The molecule has 5 heteroatoms. The summed E-state index contributed by atoms with van der Waals surface area (Å²) in [5.74, 6) is -0.0421. The summed E-state index contributed by atoms with van der Waals surface area (Å²) in [6.07, 6.45) is 5.64. The topological polar surface area (TPSA) is 64.2 Å². The molecule has 1 aromatic heterocycles. The van der Waals surface area contributed by atoms with Gasteiger partial charge in [0.25, 0.3) is 0 Å². The van der Waals surface area contributed by atoms with E-state index in [1.54, 1.807) is 6.20 Å². The van der Waals surface area contributed by atoms with Gasteiger partial charge in [0.1, 0.15) is 0 Å². The fourth-order valence-electron chi connectivity index (χ4n) is 5.35. The summed E-state index contributed by atoms with van der Waals surface area (Å²) in [6.45, 7) is 8.19. The van der Waals surface area contributed by atoms with Crippen molar-refractivity contribution in [1.29, 1.82) is 0 Å². The lowest BCUT2D eigenvalue weighted by Gasteiger charge is -2.59. The van der Waals surface area contributed by atoms with Gasteiger partial charge in [0, 0.05) is 29.1 Å². The number of nitrogens with one attached hydrogen (secondary N) is 1. The van der Waals surface area contributed by atoms with Gasteiger partial charge in [-0.25, -0.2) is 9.78 Å². The van der Waals surface area contributed by atoms with Crippen molar-refractivity contribution in [3.63, 3.8) is 0 Å². The van der Waals surface area contributed by atoms with Gasteiger partial charge in [0.15, 0.2) is 5.79 Å². The third kappa shape index (κ3) is 1.67. The van der Waals surface area contributed by atoms with E-state index in [1.807, 2.05) is 0 Å². The van der Waals surface area contributed by atoms with Crippen LogP contribution in [-0.2, 0) is 21.3 Å². The standard InChI is InChI=1S/C17H24N2O3/c1-15(2)12-5-4-11-10-18-14(20)19-13(11)16(12,3)6-7-17(15)21-8-9-22-17/h10,12H,4-9H2,1-3H3,(H,18,19,20)/t12-,16-/m0/s1. The Hall–Kier alpha value is -1.20. The third-order valence-corrected chi connectivity index (χ3v) is 6.51. The molecule has 1 spiro atoms. The van der Waals surface area contributed by atoms with E-state index in [4.69, 9.17) is 9.47 Å². The van der Waals surface area contributed by atoms with Gasteiger partial charge < -0.3 is 14.5 Å². The van der Waals surface area contributed by atoms with Crippen LogP contribution in [0.3, 0.4) is 0 Å². The van der Waals surface area contributed by atoms with E-state index in [1.165, 1.54) is 5.56 Å². The second kappa shape index (κ2) is 4.42. The zero-order valence-electron chi connectivity index (χ0n) is 13.6. The fourth-order valence-corrected chi connectivity index (χ4v) is 5.35. The van der Waals surface area contributed by atoms with E-state index in [0.29, 0.717) is 19.1 Å². The maximum atomic E-state index is 11.8. The molecule has 120 valence electrons. The molecule has 22 heavy (non-hydrogen) atoms. The molecule has 1 aliphatic heterocycles. The highest BCUT2D eigenvalue weighted by Gasteiger charge is 2.63. The van der Waals surface area contributed by atoms with Crippen LogP contribution in [0, 0.1) is 11.3 Å². The number of H-pyrrole nitrogens is 1. The predicted molar refractivity (Wildman–Crippen MR) is 81.7 cm³/mol. The summed E-state index contributed by atoms with van der Waals surface area (Å²) in [4.78, 5) is 18.7. The molecule has 2 aliphatic carbocycles. The van der Waals surface area contributed by atoms with E-state index < -0.39 is 5.79 Å². The van der Waals surface area contributed by atoms with Crippen molar-refractivity contribution in [1.82, 2.24) is 9.97 Å². The lowest BCUT2D eigenvalue weighted by Crippen LogP contribution is -2.61. The lowest BCUT2D eigenvalue weighted by atomic mass is 9.49. The zero-order valence-corrected chi connectivity index (χ0v) is 13.6. The molecule has 4 rings (SSSR count). The molecule has 1 saturated heterocycles. The molecule has 0 radical (unpaired) electrons. The van der Waals surface area contributed by atoms with Gasteiger partial charge in [-0.2, -0.15) is 0 Å². The number of hydrogen-bond donors (Lipinski definition) is 1. The highest BCUT2D eigenvalue weighted by atomic mass is 16.7. The van der Waals surface area contributed by atoms with Gasteiger partial charge in [0.05, 0.1) is 13.2 Å². The van der Waals surface area contributed by atoms with Crippen LogP contribution in [0.1, 0.15) is 51.3 Å². The average Bonchev–Trinajstić information content (AvgIpc) is 2.95. The monoisotopic (exact) mass is 304 g/mol. The smallest absolute Gasteiger partial charge is 0.345 e. The summed E-state index contributed by atoms with van der Waals surface area (Å²) < 4.78 is 12.2. The van der Waals surface area contributed by atoms with Crippen molar-refractivity contribution < 1.29 is 9.47 Å². The van der Waals surface area contributed by atoms with Gasteiger partial charge in [0.2, 0.25) is 0 Å². The number of aromatic amines is 1. The van der Waals surface area contributed by atoms with Gasteiger partial charge in [-0.05, 0) is 30.7 Å². The van der Waals surface area contributed by atoms with Crippen LogP contribution in [0.4, 0.5) is 0 Å². The maximum Gasteiger partial charge on any atom is 0.345 e. The van der Waals surface area contributed by atoms with Gasteiger partial charge in [-0.15, -0.1) is 0 Å². The first-order valence-electron chi connectivity index (χ1n) is 8.26. The molecular formula is C17H24N2O3. The Balaban J connectivity index is 1.83. The molecule has 1 saturated carbocycles.